The van der Waals surface area contributed by atoms with Crippen molar-refractivity contribution in [1.29, 1.82) is 0 Å². The Morgan fingerprint density at radius 3 is 2.65 bits per heavy atom. The van der Waals surface area contributed by atoms with Crippen LogP contribution in [0.25, 0.3) is 0 Å². The van der Waals surface area contributed by atoms with E-state index in [-0.39, 0.29) is 52.4 Å². The minimum atomic E-state index is -4.87. The summed E-state index contributed by atoms with van der Waals surface area (Å²) in [5.74, 6) is -2.14. The summed E-state index contributed by atoms with van der Waals surface area (Å²) in [5.41, 5.74) is -0.360. The van der Waals surface area contributed by atoms with Gasteiger partial charge >= 0.3 is 6.18 Å². The van der Waals surface area contributed by atoms with E-state index >= 15 is 0 Å². The third kappa shape index (κ3) is 6.30. The average Bonchev–Trinajstić information content (AvgIpc) is 3.23. The number of hydrogen-bond donors (Lipinski definition) is 2. The van der Waals surface area contributed by atoms with Crippen LogP contribution in [0.2, 0.25) is 5.02 Å². The van der Waals surface area contributed by atoms with E-state index in [4.69, 9.17) is 21.1 Å². The van der Waals surface area contributed by atoms with E-state index in [0.717, 1.165) is 0 Å². The molecule has 1 unspecified atom stereocenters. The van der Waals surface area contributed by atoms with Crippen LogP contribution in [0.4, 0.5) is 29.2 Å². The minimum absolute atomic E-state index is 0.0140. The number of alkyl halides is 4. The Labute approximate surface area is 248 Å². The van der Waals surface area contributed by atoms with Gasteiger partial charge in [-0.15, -0.1) is 0 Å². The molecule has 0 spiro atoms. The van der Waals surface area contributed by atoms with Gasteiger partial charge in [0.1, 0.15) is 23.2 Å². The van der Waals surface area contributed by atoms with Crippen LogP contribution in [0.3, 0.4) is 0 Å². The van der Waals surface area contributed by atoms with Crippen molar-refractivity contribution in [2.75, 3.05) is 39.6 Å². The molecule has 15 heteroatoms. The quantitative estimate of drug-likeness (QED) is 0.353. The number of likely N-dealkylation sites (tertiary alicyclic amines) is 1. The summed E-state index contributed by atoms with van der Waals surface area (Å²) in [6.45, 7) is 1.09. The number of anilines is 2. The number of nitrogens with zero attached hydrogens (tertiary/aromatic N) is 4. The number of carbonyl (C=O) groups is 2. The van der Waals surface area contributed by atoms with Gasteiger partial charge in [-0.25, -0.2) is 9.37 Å². The zero-order chi connectivity index (χ0) is 31.1. The van der Waals surface area contributed by atoms with Gasteiger partial charge in [0, 0.05) is 32.9 Å². The number of carbonyl (C=O) groups excluding carboxylic acids is 2. The SMILES string of the molecule is COc1cc(C(=O)NC2CCN(C)C[C@H]2F)c(Cl)cc1Nc1ncc(C(F)(F)F)c(Oc2cccc3c2C(=O)N(C)C3)n1. The maximum atomic E-state index is 14.5. The van der Waals surface area contributed by atoms with Crippen molar-refractivity contribution in [1.82, 2.24) is 25.1 Å². The molecule has 2 aromatic carbocycles. The van der Waals surface area contributed by atoms with E-state index in [1.165, 1.54) is 30.2 Å². The Kier molecular flexibility index (Phi) is 8.34. The molecular formula is C28H27ClF4N6O4. The van der Waals surface area contributed by atoms with Crippen LogP contribution in [0.15, 0.2) is 36.5 Å². The molecule has 2 aliphatic heterocycles. The van der Waals surface area contributed by atoms with Crippen LogP contribution >= 0.6 is 11.6 Å². The van der Waals surface area contributed by atoms with Crippen LogP contribution < -0.4 is 20.1 Å². The first-order chi connectivity index (χ1) is 20.3. The zero-order valence-corrected chi connectivity index (χ0v) is 24.0. The van der Waals surface area contributed by atoms with Crippen LogP contribution in [-0.4, -0.2) is 78.1 Å². The molecule has 0 radical (unpaired) electrons. The summed E-state index contributed by atoms with van der Waals surface area (Å²) in [7, 11) is 4.68. The van der Waals surface area contributed by atoms with E-state index in [2.05, 4.69) is 20.6 Å². The van der Waals surface area contributed by atoms with Crippen molar-refractivity contribution in [2.24, 2.45) is 0 Å². The maximum Gasteiger partial charge on any atom is 0.423 e. The second-order valence-electron chi connectivity index (χ2n) is 10.3. The van der Waals surface area contributed by atoms with Crippen LogP contribution in [0.1, 0.15) is 38.3 Å². The second kappa shape index (κ2) is 11.8. The van der Waals surface area contributed by atoms with E-state index in [0.29, 0.717) is 24.7 Å². The molecule has 1 fully saturated rings. The number of amides is 2. The molecule has 10 nitrogen and oxygen atoms in total. The number of fused-ring (bicyclic) bond motifs is 1. The fourth-order valence-electron chi connectivity index (χ4n) is 4.94. The summed E-state index contributed by atoms with van der Waals surface area (Å²) in [5, 5.41) is 5.38. The van der Waals surface area contributed by atoms with Crippen LogP contribution in [0, 0.1) is 0 Å². The van der Waals surface area contributed by atoms with Crippen molar-refractivity contribution >= 4 is 35.1 Å². The van der Waals surface area contributed by atoms with Gasteiger partial charge < -0.3 is 29.9 Å². The Morgan fingerprint density at radius 2 is 1.95 bits per heavy atom. The van der Waals surface area contributed by atoms with E-state index < -0.39 is 41.6 Å². The molecular weight excluding hydrogens is 596 g/mol. The minimum Gasteiger partial charge on any atom is -0.495 e. The molecule has 0 aliphatic carbocycles. The molecule has 3 heterocycles. The van der Waals surface area contributed by atoms with Crippen molar-refractivity contribution < 1.29 is 36.6 Å². The van der Waals surface area contributed by atoms with E-state index in [9.17, 15) is 27.2 Å². The van der Waals surface area contributed by atoms with Gasteiger partial charge in [0.05, 0.1) is 35.0 Å². The van der Waals surface area contributed by atoms with Crippen molar-refractivity contribution in [3.05, 3.63) is 63.8 Å². The molecule has 228 valence electrons. The van der Waals surface area contributed by atoms with Crippen molar-refractivity contribution in [2.45, 2.75) is 31.4 Å². The molecule has 2 aliphatic rings. The molecule has 2 atom stereocenters. The third-order valence-corrected chi connectivity index (χ3v) is 7.50. The van der Waals surface area contributed by atoms with Gasteiger partial charge in [-0.1, -0.05) is 23.7 Å². The van der Waals surface area contributed by atoms with Gasteiger partial charge in [0.2, 0.25) is 11.8 Å². The third-order valence-electron chi connectivity index (χ3n) is 7.19. The standard InChI is InChI=1S/C28H27ClF4N6O4/c1-38-8-7-19(18(30)13-38)35-24(40)15-9-22(42-3)20(10-17(15)29)36-27-34-11-16(28(31,32)33)25(37-27)43-21-6-4-5-14-12-39(2)26(41)23(14)21/h4-6,9-11,18-19H,7-8,12-13H2,1-3H3,(H,35,40)(H,34,36,37)/t18-,19?/m1/s1. The molecule has 0 bridgehead atoms. The number of piperidine rings is 1. The van der Waals surface area contributed by atoms with Gasteiger partial charge in [0.15, 0.2) is 0 Å². The second-order valence-corrected chi connectivity index (χ2v) is 10.7. The fraction of sp³-hybridized carbons (Fsp3) is 0.357. The Hall–Kier alpha value is -4.17. The average molecular weight is 623 g/mol. The summed E-state index contributed by atoms with van der Waals surface area (Å²) in [6.07, 6.45) is -5.15. The van der Waals surface area contributed by atoms with Gasteiger partial charge in [-0.05, 0) is 37.2 Å². The van der Waals surface area contributed by atoms with Crippen LogP contribution in [0.5, 0.6) is 17.4 Å². The largest absolute Gasteiger partial charge is 0.495 e. The summed E-state index contributed by atoms with van der Waals surface area (Å²) in [6, 6.07) is 6.58. The van der Waals surface area contributed by atoms with Gasteiger partial charge in [-0.3, -0.25) is 9.59 Å². The number of halogens is 5. The molecule has 0 saturated carbocycles. The molecule has 5 rings (SSSR count). The Balaban J connectivity index is 1.42. The maximum absolute atomic E-state index is 14.5. The number of aromatic nitrogens is 2. The highest BCUT2D eigenvalue weighted by molar-refractivity contribution is 6.34. The summed E-state index contributed by atoms with van der Waals surface area (Å²) >= 11 is 6.39. The van der Waals surface area contributed by atoms with E-state index in [1.807, 2.05) is 4.90 Å². The normalized spacial score (nSPS) is 18.8. The smallest absolute Gasteiger partial charge is 0.423 e. The molecule has 1 saturated heterocycles. The zero-order valence-electron chi connectivity index (χ0n) is 23.3. The van der Waals surface area contributed by atoms with Crippen molar-refractivity contribution in [3.8, 4) is 17.4 Å². The van der Waals surface area contributed by atoms with E-state index in [1.54, 1.807) is 26.2 Å². The Morgan fingerprint density at radius 1 is 1.19 bits per heavy atom. The fourth-order valence-corrected chi connectivity index (χ4v) is 5.19. The lowest BCUT2D eigenvalue weighted by atomic mass is 10.0. The predicted octanol–water partition coefficient (Wildman–Crippen LogP) is 5.05. The highest BCUT2D eigenvalue weighted by atomic mass is 35.5. The number of methoxy groups -OCH3 is 1. The number of benzene rings is 2. The van der Waals surface area contributed by atoms with Crippen LogP contribution in [-0.2, 0) is 12.7 Å². The molecule has 2 N–H and O–H groups in total. The van der Waals surface area contributed by atoms with Gasteiger partial charge in [-0.2, -0.15) is 18.2 Å². The molecule has 3 aromatic rings. The lowest BCUT2D eigenvalue weighted by molar-refractivity contribution is -0.139. The number of ether oxygens (including phenoxy) is 2. The molecule has 2 amide bonds. The highest BCUT2D eigenvalue weighted by Crippen LogP contribution is 2.40. The lowest BCUT2D eigenvalue weighted by Gasteiger charge is -2.32. The first kappa shape index (κ1) is 30.3. The summed E-state index contributed by atoms with van der Waals surface area (Å²) in [4.78, 5) is 36.5. The lowest BCUT2D eigenvalue weighted by Crippen LogP contribution is -2.51. The van der Waals surface area contributed by atoms with Crippen molar-refractivity contribution in [3.63, 3.8) is 0 Å². The summed E-state index contributed by atoms with van der Waals surface area (Å²) < 4.78 is 67.0. The highest BCUT2D eigenvalue weighted by Gasteiger charge is 2.38. The number of rotatable bonds is 7. The first-order valence-electron chi connectivity index (χ1n) is 13.1. The molecule has 43 heavy (non-hydrogen) atoms. The monoisotopic (exact) mass is 622 g/mol. The first-order valence-corrected chi connectivity index (χ1v) is 13.5. The predicted molar refractivity (Wildman–Crippen MR) is 149 cm³/mol. The van der Waals surface area contributed by atoms with Gasteiger partial charge in [0.25, 0.3) is 11.8 Å². The Bertz CT molecular complexity index is 1570. The number of nitrogens with one attached hydrogen (secondary N) is 2. The topological polar surface area (TPSA) is 109 Å². The molecule has 1 aromatic heterocycles. The number of hydrogen-bond acceptors (Lipinski definition) is 8.